The molecule has 2 fully saturated rings. The molecule has 2 N–H and O–H groups in total. The van der Waals surface area contributed by atoms with Crippen molar-refractivity contribution in [1.82, 2.24) is 25.1 Å². The average Bonchev–Trinajstić information content (AvgIpc) is 3.19. The zero-order chi connectivity index (χ0) is 22.7. The van der Waals surface area contributed by atoms with Crippen molar-refractivity contribution in [2.24, 2.45) is 5.41 Å². The van der Waals surface area contributed by atoms with Crippen LogP contribution in [0.25, 0.3) is 21.8 Å². The molecular formula is C26H27N5O2. The molecule has 7 heteroatoms. The quantitative estimate of drug-likeness (QED) is 0.494. The van der Waals surface area contributed by atoms with Crippen molar-refractivity contribution in [2.75, 3.05) is 0 Å². The molecule has 0 radical (unpaired) electrons. The molecule has 2 aromatic carbocycles. The zero-order valence-electron chi connectivity index (χ0n) is 18.8. The van der Waals surface area contributed by atoms with Crippen molar-refractivity contribution in [1.29, 1.82) is 0 Å². The number of fused-ring (bicyclic) bond motifs is 2. The highest BCUT2D eigenvalue weighted by atomic mass is 16.1. The molecule has 0 aliphatic heterocycles. The van der Waals surface area contributed by atoms with Crippen LogP contribution in [-0.2, 0) is 0 Å². The Kier molecular flexibility index (Phi) is 4.44. The molecule has 7 nitrogen and oxygen atoms in total. The maximum absolute atomic E-state index is 12.8. The Balaban J connectivity index is 1.09. The summed E-state index contributed by atoms with van der Waals surface area (Å²) in [5.74, 6) is 0.335. The van der Waals surface area contributed by atoms with Crippen LogP contribution in [0.1, 0.15) is 67.5 Å². The molecule has 0 unspecified atom stereocenters. The summed E-state index contributed by atoms with van der Waals surface area (Å²) in [6.45, 7) is 4.24. The van der Waals surface area contributed by atoms with E-state index in [1.54, 1.807) is 0 Å². The Morgan fingerprint density at radius 1 is 1.12 bits per heavy atom. The van der Waals surface area contributed by atoms with Gasteiger partial charge in [-0.3, -0.25) is 9.59 Å². The Morgan fingerprint density at radius 2 is 1.88 bits per heavy atom. The summed E-state index contributed by atoms with van der Waals surface area (Å²) in [4.78, 5) is 29.3. The van der Waals surface area contributed by atoms with Crippen LogP contribution < -0.4 is 10.9 Å². The van der Waals surface area contributed by atoms with Gasteiger partial charge in [-0.2, -0.15) is 5.10 Å². The molecule has 2 saturated carbocycles. The van der Waals surface area contributed by atoms with Crippen molar-refractivity contribution in [3.8, 4) is 0 Å². The number of nitrogens with zero attached hydrogens (tertiary/aromatic N) is 3. The Morgan fingerprint density at radius 3 is 2.64 bits per heavy atom. The first-order valence-electron chi connectivity index (χ1n) is 11.7. The predicted molar refractivity (Wildman–Crippen MR) is 127 cm³/mol. The predicted octanol–water partition coefficient (Wildman–Crippen LogP) is 4.31. The highest BCUT2D eigenvalue weighted by molar-refractivity contribution is 5.97. The van der Waals surface area contributed by atoms with E-state index in [2.05, 4.69) is 38.9 Å². The van der Waals surface area contributed by atoms with Crippen LogP contribution in [0.2, 0.25) is 0 Å². The van der Waals surface area contributed by atoms with Gasteiger partial charge in [0.1, 0.15) is 0 Å². The fourth-order valence-corrected chi connectivity index (χ4v) is 5.90. The van der Waals surface area contributed by atoms with Gasteiger partial charge < -0.3 is 9.88 Å². The number of imidazole rings is 1. The number of hydrogen-bond acceptors (Lipinski definition) is 4. The zero-order valence-corrected chi connectivity index (χ0v) is 18.8. The van der Waals surface area contributed by atoms with Crippen LogP contribution in [0.15, 0.2) is 53.6 Å². The third-order valence-corrected chi connectivity index (χ3v) is 7.56. The molecule has 1 amide bonds. The molecule has 4 aromatic rings. The SMILES string of the molecule is CC(C)n1cnc2cc(C(=O)N[C@H]3CC4(C3)C[C@H](c3n[nH]c(=O)c5ccccc53)C4)ccc21. The highest BCUT2D eigenvalue weighted by Crippen LogP contribution is 2.62. The average molecular weight is 442 g/mol. The van der Waals surface area contributed by atoms with Crippen LogP contribution in [0.5, 0.6) is 0 Å². The fourth-order valence-electron chi connectivity index (χ4n) is 5.90. The van der Waals surface area contributed by atoms with Crippen molar-refractivity contribution >= 4 is 27.7 Å². The normalized spacial score (nSPS) is 24.2. The van der Waals surface area contributed by atoms with Gasteiger partial charge in [0.15, 0.2) is 0 Å². The van der Waals surface area contributed by atoms with Gasteiger partial charge in [-0.25, -0.2) is 10.1 Å². The number of carbonyl (C=O) groups excluding carboxylic acids is 1. The Labute approximate surface area is 191 Å². The van der Waals surface area contributed by atoms with Crippen molar-refractivity contribution in [2.45, 2.75) is 57.5 Å². The van der Waals surface area contributed by atoms with E-state index in [1.165, 1.54) is 0 Å². The second-order valence-corrected chi connectivity index (χ2v) is 10.1. The largest absolute Gasteiger partial charge is 0.349 e. The van der Waals surface area contributed by atoms with Crippen molar-refractivity contribution in [3.05, 3.63) is 70.4 Å². The lowest BCUT2D eigenvalue weighted by molar-refractivity contribution is -0.0196. The summed E-state index contributed by atoms with van der Waals surface area (Å²) >= 11 is 0. The van der Waals surface area contributed by atoms with Crippen LogP contribution in [0, 0.1) is 5.41 Å². The maximum atomic E-state index is 12.8. The lowest BCUT2D eigenvalue weighted by Crippen LogP contribution is -2.55. The Bertz CT molecular complexity index is 1440. The number of aromatic amines is 1. The third-order valence-electron chi connectivity index (χ3n) is 7.56. The number of benzene rings is 2. The Hall–Kier alpha value is -3.48. The van der Waals surface area contributed by atoms with Crippen molar-refractivity contribution in [3.63, 3.8) is 0 Å². The molecule has 2 aromatic heterocycles. The van der Waals surface area contributed by atoms with Crippen molar-refractivity contribution < 1.29 is 4.79 Å². The van der Waals surface area contributed by atoms with Gasteiger partial charge >= 0.3 is 0 Å². The lowest BCUT2D eigenvalue weighted by atomic mass is 9.49. The summed E-state index contributed by atoms with van der Waals surface area (Å²) in [6, 6.07) is 14.0. The molecule has 0 bridgehead atoms. The fraction of sp³-hybridized carbons (Fsp3) is 0.385. The summed E-state index contributed by atoms with van der Waals surface area (Å²) in [7, 11) is 0. The number of carbonyl (C=O) groups is 1. The number of H-pyrrole nitrogens is 1. The minimum Gasteiger partial charge on any atom is -0.349 e. The summed E-state index contributed by atoms with van der Waals surface area (Å²) in [5.41, 5.74) is 3.72. The molecule has 2 aliphatic carbocycles. The number of hydrogen-bond donors (Lipinski definition) is 2. The van der Waals surface area contributed by atoms with E-state index >= 15 is 0 Å². The summed E-state index contributed by atoms with van der Waals surface area (Å²) in [6.07, 6.45) is 5.95. The highest BCUT2D eigenvalue weighted by Gasteiger charge is 2.54. The van der Waals surface area contributed by atoms with Gasteiger partial charge in [0, 0.05) is 29.0 Å². The van der Waals surface area contributed by atoms with Gasteiger partial charge in [-0.15, -0.1) is 0 Å². The van der Waals surface area contributed by atoms with Gasteiger partial charge in [0.05, 0.1) is 28.4 Å². The smallest absolute Gasteiger partial charge is 0.272 e. The molecule has 2 aliphatic rings. The van der Waals surface area contributed by atoms with E-state index in [1.807, 2.05) is 48.8 Å². The van der Waals surface area contributed by atoms with Crippen LogP contribution in [-0.4, -0.2) is 31.7 Å². The molecule has 2 heterocycles. The topological polar surface area (TPSA) is 92.7 Å². The van der Waals surface area contributed by atoms with Crippen LogP contribution in [0.4, 0.5) is 0 Å². The van der Waals surface area contributed by atoms with E-state index < -0.39 is 0 Å². The number of aromatic nitrogens is 4. The maximum Gasteiger partial charge on any atom is 0.272 e. The lowest BCUT2D eigenvalue weighted by Gasteiger charge is -2.57. The first-order chi connectivity index (χ1) is 15.9. The second kappa shape index (κ2) is 7.27. The van der Waals surface area contributed by atoms with E-state index in [0.29, 0.717) is 28.3 Å². The van der Waals surface area contributed by atoms with E-state index in [4.69, 9.17) is 0 Å². The molecule has 0 atom stereocenters. The number of amides is 1. The minimum absolute atomic E-state index is 0.0278. The van der Waals surface area contributed by atoms with Crippen LogP contribution in [0.3, 0.4) is 0 Å². The second-order valence-electron chi connectivity index (χ2n) is 10.1. The number of rotatable bonds is 4. The first kappa shape index (κ1) is 20.1. The molecule has 1 spiro atoms. The van der Waals surface area contributed by atoms with E-state index in [0.717, 1.165) is 47.8 Å². The molecule has 0 saturated heterocycles. The van der Waals surface area contributed by atoms with E-state index in [-0.39, 0.29) is 17.5 Å². The van der Waals surface area contributed by atoms with Crippen LogP contribution >= 0.6 is 0 Å². The standard InChI is InChI=1S/C26H27N5O2/c1-15(2)31-14-27-21-9-16(7-8-22(21)31)24(32)28-18-12-26(13-18)10-17(11-26)23-19-5-3-4-6-20(19)25(33)30-29-23/h3-9,14-15,17-18H,10-13H2,1-2H3,(H,28,32)(H,30,33)/t17-,18-,26?. The van der Waals surface area contributed by atoms with Gasteiger partial charge in [-0.05, 0) is 69.2 Å². The first-order valence-corrected chi connectivity index (χ1v) is 11.7. The molecule has 168 valence electrons. The van der Waals surface area contributed by atoms with E-state index in [9.17, 15) is 9.59 Å². The molecule has 33 heavy (non-hydrogen) atoms. The minimum atomic E-state index is -0.135. The molecule has 6 rings (SSSR count). The van der Waals surface area contributed by atoms with Gasteiger partial charge in [0.25, 0.3) is 11.5 Å². The summed E-state index contributed by atoms with van der Waals surface area (Å²) in [5, 5.41) is 11.9. The molecular weight excluding hydrogens is 414 g/mol. The monoisotopic (exact) mass is 441 g/mol. The summed E-state index contributed by atoms with van der Waals surface area (Å²) < 4.78 is 2.11. The van der Waals surface area contributed by atoms with Gasteiger partial charge in [0.2, 0.25) is 0 Å². The third kappa shape index (κ3) is 3.25. The number of nitrogens with one attached hydrogen (secondary N) is 2. The van der Waals surface area contributed by atoms with Gasteiger partial charge in [-0.1, -0.05) is 18.2 Å².